The summed E-state index contributed by atoms with van der Waals surface area (Å²) < 4.78 is 23.1. The molecule has 9 heteroatoms. The third-order valence-corrected chi connectivity index (χ3v) is 9.81. The van der Waals surface area contributed by atoms with Crippen LogP contribution in [-0.2, 0) is 18.4 Å². The highest BCUT2D eigenvalue weighted by atomic mass is 31.2. The third-order valence-electron chi connectivity index (χ3n) is 8.85. The van der Waals surface area contributed by atoms with E-state index in [0.717, 1.165) is 38.5 Å². The summed E-state index contributed by atoms with van der Waals surface area (Å²) in [6, 6.07) is -0.789. The van der Waals surface area contributed by atoms with E-state index in [1.54, 1.807) is 0 Å². The minimum atomic E-state index is -4.54. The van der Waals surface area contributed by atoms with Crippen molar-refractivity contribution in [2.45, 2.75) is 193 Å². The smallest absolute Gasteiger partial charge is 0.268 e. The van der Waals surface area contributed by atoms with Crippen LogP contribution in [0.5, 0.6) is 0 Å². The molecule has 0 radical (unpaired) electrons. The predicted octanol–water partition coefficient (Wildman–Crippen LogP) is 9.22. The minimum absolute atomic E-state index is 0.0152. The molecule has 1 unspecified atom stereocenters. The zero-order valence-corrected chi connectivity index (χ0v) is 31.9. The van der Waals surface area contributed by atoms with Crippen molar-refractivity contribution >= 4 is 13.7 Å². The third kappa shape index (κ3) is 32.1. The Morgan fingerprint density at radius 1 is 0.674 bits per heavy atom. The van der Waals surface area contributed by atoms with Gasteiger partial charge >= 0.3 is 0 Å². The van der Waals surface area contributed by atoms with Gasteiger partial charge in [0.2, 0.25) is 5.91 Å². The molecule has 3 atom stereocenters. The molecular weight excluding hydrogens is 599 g/mol. The zero-order valence-electron chi connectivity index (χ0n) is 31.0. The van der Waals surface area contributed by atoms with Gasteiger partial charge in [-0.05, 0) is 12.8 Å². The first-order valence-electron chi connectivity index (χ1n) is 19.4. The van der Waals surface area contributed by atoms with E-state index in [0.29, 0.717) is 23.9 Å². The summed E-state index contributed by atoms with van der Waals surface area (Å²) in [6.07, 6.45) is 29.7. The molecule has 0 aromatic rings. The number of phosphoric acid groups is 1. The van der Waals surface area contributed by atoms with Crippen molar-refractivity contribution < 1.29 is 32.9 Å². The summed E-state index contributed by atoms with van der Waals surface area (Å²) >= 11 is 0. The first kappa shape index (κ1) is 45.5. The van der Waals surface area contributed by atoms with E-state index in [1.165, 1.54) is 116 Å². The Bertz CT molecular complexity index is 733. The maximum absolute atomic E-state index is 12.7. The van der Waals surface area contributed by atoms with E-state index in [2.05, 4.69) is 19.2 Å². The molecule has 0 aromatic carbocycles. The fraction of sp³-hybridized carbons (Fsp3) is 0.973. The number of quaternary nitrogens is 1. The molecule has 0 saturated carbocycles. The molecule has 2 N–H and O–H groups in total. The van der Waals surface area contributed by atoms with Gasteiger partial charge in [-0.3, -0.25) is 9.36 Å². The van der Waals surface area contributed by atoms with Crippen molar-refractivity contribution in [1.82, 2.24) is 5.32 Å². The van der Waals surface area contributed by atoms with Gasteiger partial charge in [-0.2, -0.15) is 0 Å². The van der Waals surface area contributed by atoms with Crippen LogP contribution < -0.4 is 10.2 Å². The minimum Gasteiger partial charge on any atom is -0.756 e. The lowest BCUT2D eigenvalue weighted by atomic mass is 10.0. The molecule has 46 heavy (non-hydrogen) atoms. The van der Waals surface area contributed by atoms with E-state index in [-0.39, 0.29) is 19.1 Å². The lowest BCUT2D eigenvalue weighted by Crippen LogP contribution is -2.46. The molecule has 8 nitrogen and oxygen atoms in total. The summed E-state index contributed by atoms with van der Waals surface area (Å²) in [7, 11) is 1.31. The Morgan fingerprint density at radius 3 is 1.48 bits per heavy atom. The monoisotopic (exact) mass is 677 g/mol. The SMILES string of the molecule is CCCCCCCCCCCCCCCCCCC[C@@H](O)[C@H](COP(=O)([O-])OCC[N+](C)(C)C)NC(=O)CCCCCCCCC. The fourth-order valence-corrected chi connectivity index (χ4v) is 6.41. The van der Waals surface area contributed by atoms with Crippen LogP contribution in [0.3, 0.4) is 0 Å². The number of aliphatic hydroxyl groups is 1. The highest BCUT2D eigenvalue weighted by Gasteiger charge is 2.24. The highest BCUT2D eigenvalue weighted by Crippen LogP contribution is 2.38. The van der Waals surface area contributed by atoms with Crippen LogP contribution in [-0.4, -0.2) is 68.5 Å². The predicted molar refractivity (Wildman–Crippen MR) is 192 cm³/mol. The number of hydrogen-bond donors (Lipinski definition) is 2. The van der Waals surface area contributed by atoms with E-state index in [1.807, 2.05) is 21.1 Å². The highest BCUT2D eigenvalue weighted by molar-refractivity contribution is 7.45. The second-order valence-electron chi connectivity index (χ2n) is 14.6. The van der Waals surface area contributed by atoms with E-state index in [4.69, 9.17) is 9.05 Å². The number of carbonyl (C=O) groups is 1. The number of phosphoric ester groups is 1. The second-order valence-corrected chi connectivity index (χ2v) is 16.1. The van der Waals surface area contributed by atoms with Crippen molar-refractivity contribution in [3.63, 3.8) is 0 Å². The van der Waals surface area contributed by atoms with Gasteiger partial charge in [-0.1, -0.05) is 162 Å². The normalized spacial score (nSPS) is 14.7. The van der Waals surface area contributed by atoms with Crippen molar-refractivity contribution in [3.05, 3.63) is 0 Å². The Morgan fingerprint density at radius 2 is 1.07 bits per heavy atom. The first-order chi connectivity index (χ1) is 22.0. The number of nitrogens with one attached hydrogen (secondary N) is 1. The van der Waals surface area contributed by atoms with Gasteiger partial charge in [0, 0.05) is 6.42 Å². The quantitative estimate of drug-likeness (QED) is 0.0394. The average Bonchev–Trinajstić information content (AvgIpc) is 2.99. The van der Waals surface area contributed by atoms with Crippen LogP contribution in [0.25, 0.3) is 0 Å². The maximum atomic E-state index is 12.7. The molecule has 0 aliphatic rings. The molecule has 0 saturated heterocycles. The van der Waals surface area contributed by atoms with Crippen LogP contribution in [0.1, 0.15) is 181 Å². The molecule has 276 valence electrons. The van der Waals surface area contributed by atoms with Crippen LogP contribution in [0.15, 0.2) is 0 Å². The molecular formula is C37H77N2O6P. The van der Waals surface area contributed by atoms with E-state index in [9.17, 15) is 19.4 Å². The molecule has 0 rings (SSSR count). The number of carbonyl (C=O) groups excluding carboxylic acids is 1. The number of amides is 1. The van der Waals surface area contributed by atoms with Gasteiger partial charge in [0.25, 0.3) is 7.82 Å². The number of aliphatic hydroxyl groups excluding tert-OH is 1. The summed E-state index contributed by atoms with van der Waals surface area (Å²) in [5, 5.41) is 13.8. The molecule has 0 aromatic heterocycles. The van der Waals surface area contributed by atoms with Crippen molar-refractivity contribution in [2.24, 2.45) is 0 Å². The van der Waals surface area contributed by atoms with Crippen molar-refractivity contribution in [1.29, 1.82) is 0 Å². The molecule has 0 spiro atoms. The molecule has 1 amide bonds. The summed E-state index contributed by atoms with van der Waals surface area (Å²) in [5.41, 5.74) is 0. The van der Waals surface area contributed by atoms with Gasteiger partial charge in [0.05, 0.1) is 39.9 Å². The number of rotatable bonds is 35. The standard InChI is InChI=1S/C37H77N2O6P/c1-6-8-10-12-14-15-16-17-18-19-20-21-22-23-25-26-28-30-36(40)35(34-45-46(42,43)44-33-32-39(3,4)5)38-37(41)31-29-27-24-13-11-9-7-2/h35-36,40H,6-34H2,1-5H3,(H-,38,41,42,43)/t35-,36+/m0/s1. The maximum Gasteiger partial charge on any atom is 0.268 e. The second kappa shape index (κ2) is 30.6. The van der Waals surface area contributed by atoms with Gasteiger partial charge in [0.15, 0.2) is 0 Å². The Labute approximate surface area is 285 Å². The van der Waals surface area contributed by atoms with Crippen LogP contribution >= 0.6 is 7.82 Å². The van der Waals surface area contributed by atoms with Crippen LogP contribution in [0, 0.1) is 0 Å². The average molecular weight is 677 g/mol. The van der Waals surface area contributed by atoms with Crippen molar-refractivity contribution in [3.8, 4) is 0 Å². The zero-order chi connectivity index (χ0) is 34.4. The molecule has 0 aliphatic heterocycles. The summed E-state index contributed by atoms with van der Waals surface area (Å²) in [4.78, 5) is 25.0. The van der Waals surface area contributed by atoms with Gasteiger partial charge in [-0.15, -0.1) is 0 Å². The molecule has 0 bridgehead atoms. The topological polar surface area (TPSA) is 108 Å². The molecule has 0 heterocycles. The largest absolute Gasteiger partial charge is 0.756 e. The van der Waals surface area contributed by atoms with Gasteiger partial charge in [0.1, 0.15) is 13.2 Å². The number of unbranched alkanes of at least 4 members (excludes halogenated alkanes) is 22. The number of nitrogens with zero attached hydrogens (tertiary/aromatic N) is 1. The molecule has 0 aliphatic carbocycles. The number of hydrogen-bond acceptors (Lipinski definition) is 6. The van der Waals surface area contributed by atoms with Crippen molar-refractivity contribution in [2.75, 3.05) is 40.9 Å². The fourth-order valence-electron chi connectivity index (χ4n) is 5.69. The molecule has 0 fully saturated rings. The van der Waals surface area contributed by atoms with Crippen LogP contribution in [0.2, 0.25) is 0 Å². The number of likely N-dealkylation sites (N-methyl/N-ethyl adjacent to an activating group) is 1. The van der Waals surface area contributed by atoms with E-state index >= 15 is 0 Å². The van der Waals surface area contributed by atoms with Crippen LogP contribution in [0.4, 0.5) is 0 Å². The Balaban J connectivity index is 4.31. The van der Waals surface area contributed by atoms with Gasteiger partial charge < -0.3 is 28.8 Å². The van der Waals surface area contributed by atoms with E-state index < -0.39 is 20.0 Å². The Kier molecular flexibility index (Phi) is 30.2. The first-order valence-corrected chi connectivity index (χ1v) is 20.8. The lowest BCUT2D eigenvalue weighted by molar-refractivity contribution is -0.870. The van der Waals surface area contributed by atoms with Gasteiger partial charge in [-0.25, -0.2) is 0 Å². The Hall–Kier alpha value is -0.500. The lowest BCUT2D eigenvalue weighted by Gasteiger charge is -2.30. The summed E-state index contributed by atoms with van der Waals surface area (Å²) in [5.74, 6) is -0.171. The summed E-state index contributed by atoms with van der Waals surface area (Å²) in [6.45, 7) is 4.67.